The van der Waals surface area contributed by atoms with Gasteiger partial charge in [-0.05, 0) is 74.7 Å². The summed E-state index contributed by atoms with van der Waals surface area (Å²) in [5.41, 5.74) is 4.72. The van der Waals surface area contributed by atoms with Crippen molar-refractivity contribution in [2.24, 2.45) is 0 Å². The molecule has 35 heavy (non-hydrogen) atoms. The zero-order valence-corrected chi connectivity index (χ0v) is 19.9. The summed E-state index contributed by atoms with van der Waals surface area (Å²) >= 11 is 0. The van der Waals surface area contributed by atoms with E-state index in [4.69, 9.17) is 0 Å². The number of para-hydroxylation sites is 1. The molecule has 6 heteroatoms. The van der Waals surface area contributed by atoms with Crippen molar-refractivity contribution in [3.63, 3.8) is 0 Å². The first kappa shape index (κ1) is 22.7. The second kappa shape index (κ2) is 10.1. The van der Waals surface area contributed by atoms with Gasteiger partial charge in [-0.3, -0.25) is 9.59 Å². The quantitative estimate of drug-likeness (QED) is 0.246. The van der Waals surface area contributed by atoms with Crippen molar-refractivity contribution >= 4 is 44.5 Å². The van der Waals surface area contributed by atoms with E-state index in [9.17, 15) is 9.59 Å². The Bertz CT molecular complexity index is 1510. The number of H-pyrrole nitrogens is 1. The average molecular weight is 467 g/mol. The summed E-state index contributed by atoms with van der Waals surface area (Å²) in [6.07, 6.45) is 4.54. The summed E-state index contributed by atoms with van der Waals surface area (Å²) in [4.78, 5) is 28.2. The van der Waals surface area contributed by atoms with E-state index in [2.05, 4.69) is 45.3 Å². The third-order valence-electron chi connectivity index (χ3n) is 6.59. The van der Waals surface area contributed by atoms with Gasteiger partial charge in [-0.1, -0.05) is 18.2 Å². The number of amides is 2. The number of carbonyl (C=O) groups excluding carboxylic acids is 2. The largest absolute Gasteiger partial charge is 0.361 e. The summed E-state index contributed by atoms with van der Waals surface area (Å²) in [6.45, 7) is 4.26. The van der Waals surface area contributed by atoms with Gasteiger partial charge in [0, 0.05) is 69.7 Å². The number of aromatic nitrogens is 2. The predicted molar refractivity (Wildman–Crippen MR) is 142 cm³/mol. The number of unbranched alkanes of at least 4 members (excludes halogenated alkanes) is 2. The highest BCUT2D eigenvalue weighted by atomic mass is 16.2. The summed E-state index contributed by atoms with van der Waals surface area (Å²) in [7, 11) is 0. The first-order valence-electron chi connectivity index (χ1n) is 12.3. The topological polar surface area (TPSA) is 78.9 Å². The van der Waals surface area contributed by atoms with Crippen LogP contribution in [0.25, 0.3) is 32.7 Å². The summed E-state index contributed by atoms with van der Waals surface area (Å²) in [5, 5.41) is 9.34. The Kier molecular flexibility index (Phi) is 6.53. The lowest BCUT2D eigenvalue weighted by Gasteiger charge is -2.08. The van der Waals surface area contributed by atoms with Gasteiger partial charge in [0.1, 0.15) is 0 Å². The Labute approximate surface area is 204 Å². The molecule has 0 atom stereocenters. The molecular weight excluding hydrogens is 436 g/mol. The van der Waals surface area contributed by atoms with Crippen molar-refractivity contribution < 1.29 is 9.59 Å². The van der Waals surface area contributed by atoms with Gasteiger partial charge in [-0.15, -0.1) is 0 Å². The number of hydrogen-bond acceptors (Lipinski definition) is 2. The summed E-state index contributed by atoms with van der Waals surface area (Å²) in [5.74, 6) is -0.102. The van der Waals surface area contributed by atoms with E-state index in [0.29, 0.717) is 24.2 Å². The minimum atomic E-state index is -0.0544. The van der Waals surface area contributed by atoms with Crippen LogP contribution in [0.2, 0.25) is 0 Å². The van der Waals surface area contributed by atoms with Crippen LogP contribution in [-0.2, 0) is 6.54 Å². The number of nitrogens with one attached hydrogen (secondary N) is 3. The van der Waals surface area contributed by atoms with Crippen LogP contribution in [-0.4, -0.2) is 34.5 Å². The van der Waals surface area contributed by atoms with Gasteiger partial charge >= 0.3 is 0 Å². The van der Waals surface area contributed by atoms with Gasteiger partial charge < -0.3 is 20.2 Å². The van der Waals surface area contributed by atoms with Crippen LogP contribution >= 0.6 is 0 Å². The lowest BCUT2D eigenvalue weighted by molar-refractivity contribution is 0.0947. The summed E-state index contributed by atoms with van der Waals surface area (Å²) in [6, 6.07) is 21.9. The van der Waals surface area contributed by atoms with Crippen LogP contribution in [0.1, 0.15) is 46.9 Å². The van der Waals surface area contributed by atoms with Crippen LogP contribution in [0, 0.1) is 0 Å². The van der Waals surface area contributed by atoms with Crippen molar-refractivity contribution in [1.82, 2.24) is 20.2 Å². The second-order valence-electron chi connectivity index (χ2n) is 8.85. The van der Waals surface area contributed by atoms with Gasteiger partial charge in [-0.25, -0.2) is 0 Å². The van der Waals surface area contributed by atoms with Crippen molar-refractivity contribution in [2.75, 3.05) is 13.1 Å². The van der Waals surface area contributed by atoms with Crippen molar-refractivity contribution in [2.45, 2.75) is 32.7 Å². The molecule has 2 amide bonds. The number of carbonyl (C=O) groups is 2. The molecule has 3 N–H and O–H groups in total. The molecule has 0 saturated heterocycles. The Balaban J connectivity index is 1.08. The molecule has 6 nitrogen and oxygen atoms in total. The molecule has 178 valence electrons. The van der Waals surface area contributed by atoms with E-state index in [-0.39, 0.29) is 11.8 Å². The van der Waals surface area contributed by atoms with Crippen LogP contribution in [0.3, 0.4) is 0 Å². The molecule has 0 fully saturated rings. The molecule has 5 aromatic rings. The highest BCUT2D eigenvalue weighted by molar-refractivity contribution is 6.10. The van der Waals surface area contributed by atoms with Crippen molar-refractivity contribution in [1.29, 1.82) is 0 Å². The minimum Gasteiger partial charge on any atom is -0.361 e. The zero-order chi connectivity index (χ0) is 24.2. The molecule has 0 spiro atoms. The van der Waals surface area contributed by atoms with Gasteiger partial charge in [0.15, 0.2) is 0 Å². The highest BCUT2D eigenvalue weighted by Gasteiger charge is 2.12. The van der Waals surface area contributed by atoms with Gasteiger partial charge in [0.25, 0.3) is 11.8 Å². The maximum Gasteiger partial charge on any atom is 0.251 e. The van der Waals surface area contributed by atoms with Crippen LogP contribution in [0.4, 0.5) is 0 Å². The summed E-state index contributed by atoms with van der Waals surface area (Å²) < 4.78 is 2.28. The fourth-order valence-electron chi connectivity index (χ4n) is 4.76. The molecule has 0 aliphatic rings. The Morgan fingerprint density at radius 1 is 0.771 bits per heavy atom. The molecule has 0 aliphatic carbocycles. The first-order valence-corrected chi connectivity index (χ1v) is 12.3. The fourth-order valence-corrected chi connectivity index (χ4v) is 4.76. The fraction of sp³-hybridized carbons (Fsp3) is 0.241. The van der Waals surface area contributed by atoms with Gasteiger partial charge in [0.05, 0.1) is 0 Å². The lowest BCUT2D eigenvalue weighted by atomic mass is 10.1. The average Bonchev–Trinajstić information content (AvgIpc) is 3.49. The molecule has 0 aliphatic heterocycles. The van der Waals surface area contributed by atoms with Gasteiger partial charge in [0.2, 0.25) is 0 Å². The van der Waals surface area contributed by atoms with E-state index in [1.807, 2.05) is 54.7 Å². The minimum absolute atomic E-state index is 0.0475. The van der Waals surface area contributed by atoms with Crippen molar-refractivity contribution in [3.05, 3.63) is 84.1 Å². The van der Waals surface area contributed by atoms with Crippen LogP contribution < -0.4 is 10.6 Å². The zero-order valence-electron chi connectivity index (χ0n) is 19.9. The monoisotopic (exact) mass is 466 g/mol. The van der Waals surface area contributed by atoms with Crippen LogP contribution in [0.15, 0.2) is 72.9 Å². The first-order chi connectivity index (χ1) is 17.2. The number of hydrogen-bond donors (Lipinski definition) is 3. The number of benzene rings is 3. The lowest BCUT2D eigenvalue weighted by Crippen LogP contribution is -2.26. The van der Waals surface area contributed by atoms with Crippen LogP contribution in [0.5, 0.6) is 0 Å². The number of fused-ring (bicyclic) bond motifs is 4. The Morgan fingerprint density at radius 3 is 2.23 bits per heavy atom. The second-order valence-corrected chi connectivity index (χ2v) is 8.85. The van der Waals surface area contributed by atoms with Gasteiger partial charge in [-0.2, -0.15) is 0 Å². The van der Waals surface area contributed by atoms with E-state index in [0.717, 1.165) is 47.6 Å². The normalized spacial score (nSPS) is 11.3. The van der Waals surface area contributed by atoms with E-state index >= 15 is 0 Å². The number of nitrogens with zero attached hydrogens (tertiary/aromatic N) is 1. The molecule has 2 aromatic heterocycles. The molecule has 3 aromatic carbocycles. The molecular formula is C29H30N4O2. The van der Waals surface area contributed by atoms with Crippen molar-refractivity contribution in [3.8, 4) is 0 Å². The third kappa shape index (κ3) is 4.64. The molecule has 0 saturated carbocycles. The smallest absolute Gasteiger partial charge is 0.251 e. The standard InChI is InChI=1S/C29H30N4O2/c1-2-33-26-9-5-4-8-23(26)24-19-22(11-13-27(24)33)29(35)32-16-7-3-6-15-31-28(34)21-10-12-25-20(18-21)14-17-30-25/h4-5,8-14,17-19,30H,2-3,6-7,15-16H2,1H3,(H,31,34)(H,32,35). The third-order valence-corrected chi connectivity index (χ3v) is 6.59. The Hall–Kier alpha value is -4.06. The highest BCUT2D eigenvalue weighted by Crippen LogP contribution is 2.29. The van der Waals surface area contributed by atoms with E-state index < -0.39 is 0 Å². The number of rotatable bonds is 9. The number of aryl methyl sites for hydroxylation is 1. The molecule has 0 radical (unpaired) electrons. The molecule has 0 bridgehead atoms. The molecule has 5 rings (SSSR count). The molecule has 0 unspecified atom stereocenters. The maximum atomic E-state index is 12.7. The predicted octanol–water partition coefficient (Wildman–Crippen LogP) is 5.63. The number of aromatic amines is 1. The maximum absolute atomic E-state index is 12.7. The SMILES string of the molecule is CCn1c2ccccc2c2cc(C(=O)NCCCCCNC(=O)c3ccc4[nH]ccc4c3)ccc21. The van der Waals surface area contributed by atoms with E-state index in [1.54, 1.807) is 0 Å². The van der Waals surface area contributed by atoms with E-state index in [1.165, 1.54) is 10.9 Å². The Morgan fingerprint density at radius 2 is 1.46 bits per heavy atom. The molecule has 2 heterocycles.